The topological polar surface area (TPSA) is 89.4 Å². The van der Waals surface area contributed by atoms with Gasteiger partial charge in [-0.1, -0.05) is 48.0 Å². The Morgan fingerprint density at radius 2 is 1.86 bits per heavy atom. The van der Waals surface area contributed by atoms with E-state index in [-0.39, 0.29) is 23.6 Å². The third-order valence-corrected chi connectivity index (χ3v) is 6.32. The van der Waals surface area contributed by atoms with Crippen LogP contribution in [0.4, 0.5) is 0 Å². The van der Waals surface area contributed by atoms with Crippen molar-refractivity contribution in [3.63, 3.8) is 0 Å². The number of amides is 2. The van der Waals surface area contributed by atoms with E-state index in [9.17, 15) is 9.59 Å². The zero-order valence-electron chi connectivity index (χ0n) is 21.1. The molecule has 0 bridgehead atoms. The number of carbonyl (C=O) groups is 2. The molecular formula is C28H31N5O3. The number of hydrogen-bond donors (Lipinski definition) is 1. The minimum absolute atomic E-state index is 0.145. The lowest BCUT2D eigenvalue weighted by atomic mass is 10.0. The molecule has 2 aromatic heterocycles. The number of ether oxygens (including phenoxy) is 1. The average Bonchev–Trinajstić information content (AvgIpc) is 3.23. The minimum Gasteiger partial charge on any atom is -0.481 e. The summed E-state index contributed by atoms with van der Waals surface area (Å²) < 4.78 is 6.85. The summed E-state index contributed by atoms with van der Waals surface area (Å²) in [6, 6.07) is 20.9. The molecule has 186 valence electrons. The molecule has 0 fully saturated rings. The summed E-state index contributed by atoms with van der Waals surface area (Å²) in [6.07, 6.45) is 1.22. The number of nitrogens with one attached hydrogen (secondary N) is 1. The van der Waals surface area contributed by atoms with Crippen molar-refractivity contribution in [1.29, 1.82) is 0 Å². The fourth-order valence-electron chi connectivity index (χ4n) is 4.29. The van der Waals surface area contributed by atoms with E-state index in [1.54, 1.807) is 34.8 Å². The molecule has 0 aliphatic heterocycles. The standard InChI is InChI=1S/C28H31N5O3/c1-19-13-14-24-22(17-19)26(31-33(24)3)28(35)32(2)21(18-20-9-6-5-7-10-20)15-16-29-27(34)23-11-8-12-25(30-23)36-4/h5-14,17,21H,15-16,18H2,1-4H3,(H,29,34). The van der Waals surface area contributed by atoms with Crippen molar-refractivity contribution in [3.05, 3.63) is 89.2 Å². The van der Waals surface area contributed by atoms with Gasteiger partial charge in [-0.15, -0.1) is 0 Å². The van der Waals surface area contributed by atoms with Crippen molar-refractivity contribution in [2.24, 2.45) is 7.05 Å². The van der Waals surface area contributed by atoms with Crippen molar-refractivity contribution >= 4 is 22.7 Å². The van der Waals surface area contributed by atoms with Gasteiger partial charge in [0.25, 0.3) is 11.8 Å². The van der Waals surface area contributed by atoms with Crippen molar-refractivity contribution < 1.29 is 14.3 Å². The number of methoxy groups -OCH3 is 1. The van der Waals surface area contributed by atoms with Crippen LogP contribution in [0.5, 0.6) is 5.88 Å². The van der Waals surface area contributed by atoms with Gasteiger partial charge in [-0.25, -0.2) is 4.98 Å². The summed E-state index contributed by atoms with van der Waals surface area (Å²) >= 11 is 0. The van der Waals surface area contributed by atoms with Gasteiger partial charge >= 0.3 is 0 Å². The van der Waals surface area contributed by atoms with Gasteiger partial charge < -0.3 is 15.0 Å². The Bertz CT molecular complexity index is 1370. The molecule has 0 aliphatic rings. The molecule has 1 atom stereocenters. The summed E-state index contributed by atoms with van der Waals surface area (Å²) in [5.41, 5.74) is 3.82. The minimum atomic E-state index is -0.285. The molecule has 8 heteroatoms. The Balaban J connectivity index is 1.52. The summed E-state index contributed by atoms with van der Waals surface area (Å²) in [7, 11) is 5.16. The number of aryl methyl sites for hydroxylation is 2. The maximum absolute atomic E-state index is 13.6. The van der Waals surface area contributed by atoms with Crippen LogP contribution in [0.1, 0.15) is 38.5 Å². The van der Waals surface area contributed by atoms with Crippen LogP contribution >= 0.6 is 0 Å². The fraction of sp³-hybridized carbons (Fsp3) is 0.286. The van der Waals surface area contributed by atoms with Gasteiger partial charge in [-0.2, -0.15) is 5.10 Å². The first kappa shape index (κ1) is 24.9. The van der Waals surface area contributed by atoms with Crippen LogP contribution in [0.15, 0.2) is 66.7 Å². The third-order valence-electron chi connectivity index (χ3n) is 6.32. The average molecular weight is 486 g/mol. The largest absolute Gasteiger partial charge is 0.481 e. The second kappa shape index (κ2) is 11.0. The maximum Gasteiger partial charge on any atom is 0.275 e. The Morgan fingerprint density at radius 1 is 1.08 bits per heavy atom. The van der Waals surface area contributed by atoms with Gasteiger partial charge in [0.15, 0.2) is 5.69 Å². The second-order valence-electron chi connectivity index (χ2n) is 8.86. The van der Waals surface area contributed by atoms with E-state index in [2.05, 4.69) is 15.4 Å². The number of likely N-dealkylation sites (N-methyl/N-ethyl adjacent to an activating group) is 1. The summed E-state index contributed by atoms with van der Waals surface area (Å²) in [5, 5.41) is 8.31. The monoisotopic (exact) mass is 485 g/mol. The van der Waals surface area contributed by atoms with Gasteiger partial charge in [-0.05, 0) is 43.5 Å². The molecule has 1 unspecified atom stereocenters. The first-order chi connectivity index (χ1) is 17.4. The van der Waals surface area contributed by atoms with E-state index in [4.69, 9.17) is 4.74 Å². The first-order valence-electron chi connectivity index (χ1n) is 11.9. The fourth-order valence-corrected chi connectivity index (χ4v) is 4.29. The predicted molar refractivity (Wildman–Crippen MR) is 139 cm³/mol. The molecule has 1 N–H and O–H groups in total. The Hall–Kier alpha value is -4.20. The molecular weight excluding hydrogens is 454 g/mol. The molecule has 0 spiro atoms. The van der Waals surface area contributed by atoms with Gasteiger partial charge in [-0.3, -0.25) is 14.3 Å². The number of aromatic nitrogens is 3. The Labute approximate surface area is 210 Å². The van der Waals surface area contributed by atoms with Crippen LogP contribution in [-0.4, -0.2) is 58.2 Å². The molecule has 8 nitrogen and oxygen atoms in total. The van der Waals surface area contributed by atoms with E-state index < -0.39 is 0 Å². The zero-order valence-corrected chi connectivity index (χ0v) is 21.1. The van der Waals surface area contributed by atoms with Gasteiger partial charge in [0.1, 0.15) is 5.69 Å². The number of nitrogens with zero attached hydrogens (tertiary/aromatic N) is 4. The number of carbonyl (C=O) groups excluding carboxylic acids is 2. The zero-order chi connectivity index (χ0) is 25.7. The van der Waals surface area contributed by atoms with Gasteiger partial charge in [0, 0.05) is 38.1 Å². The van der Waals surface area contributed by atoms with Crippen LogP contribution in [0.3, 0.4) is 0 Å². The molecule has 0 radical (unpaired) electrons. The van der Waals surface area contributed by atoms with Gasteiger partial charge in [0.2, 0.25) is 5.88 Å². The van der Waals surface area contributed by atoms with Gasteiger partial charge in [0.05, 0.1) is 12.6 Å². The lowest BCUT2D eigenvalue weighted by Crippen LogP contribution is -2.41. The smallest absolute Gasteiger partial charge is 0.275 e. The Morgan fingerprint density at radius 3 is 2.61 bits per heavy atom. The number of hydrogen-bond acceptors (Lipinski definition) is 5. The van der Waals surface area contributed by atoms with Crippen molar-refractivity contribution in [2.45, 2.75) is 25.8 Å². The highest BCUT2D eigenvalue weighted by Crippen LogP contribution is 2.22. The first-order valence-corrected chi connectivity index (χ1v) is 11.9. The highest BCUT2D eigenvalue weighted by atomic mass is 16.5. The summed E-state index contributed by atoms with van der Waals surface area (Å²) in [5.74, 6) is -0.0479. The van der Waals surface area contributed by atoms with Crippen LogP contribution in [0, 0.1) is 6.92 Å². The summed E-state index contributed by atoms with van der Waals surface area (Å²) in [4.78, 5) is 32.2. The molecule has 2 aromatic carbocycles. The summed E-state index contributed by atoms with van der Waals surface area (Å²) in [6.45, 7) is 2.39. The lowest BCUT2D eigenvalue weighted by Gasteiger charge is -2.28. The van der Waals surface area contributed by atoms with E-state index in [1.807, 2.05) is 62.5 Å². The third kappa shape index (κ3) is 5.54. The number of pyridine rings is 1. The van der Waals surface area contributed by atoms with Crippen LogP contribution in [0.25, 0.3) is 10.9 Å². The lowest BCUT2D eigenvalue weighted by molar-refractivity contribution is 0.0718. The molecule has 0 aliphatic carbocycles. The molecule has 4 rings (SSSR count). The van der Waals surface area contributed by atoms with E-state index in [0.29, 0.717) is 31.0 Å². The molecule has 0 saturated heterocycles. The highest BCUT2D eigenvalue weighted by Gasteiger charge is 2.26. The predicted octanol–water partition coefficient (Wildman–Crippen LogP) is 3.79. The molecule has 2 amide bonds. The van der Waals surface area contributed by atoms with Crippen molar-refractivity contribution in [3.8, 4) is 5.88 Å². The normalized spacial score (nSPS) is 11.8. The van der Waals surface area contributed by atoms with E-state index >= 15 is 0 Å². The Kier molecular flexibility index (Phi) is 7.63. The van der Waals surface area contributed by atoms with Crippen molar-refractivity contribution in [1.82, 2.24) is 25.0 Å². The van der Waals surface area contributed by atoms with Crippen LogP contribution in [-0.2, 0) is 13.5 Å². The maximum atomic E-state index is 13.6. The van der Waals surface area contributed by atoms with Crippen LogP contribution in [0.2, 0.25) is 0 Å². The second-order valence-corrected chi connectivity index (χ2v) is 8.86. The number of benzene rings is 2. The number of fused-ring (bicyclic) bond motifs is 1. The molecule has 0 saturated carbocycles. The SMILES string of the molecule is COc1cccc(C(=O)NCCC(Cc2ccccc2)N(C)C(=O)c2nn(C)c3ccc(C)cc23)n1. The van der Waals surface area contributed by atoms with Crippen LogP contribution < -0.4 is 10.1 Å². The molecule has 2 heterocycles. The molecule has 4 aromatic rings. The van der Waals surface area contributed by atoms with E-state index in [1.165, 1.54) is 7.11 Å². The quantitative estimate of drug-likeness (QED) is 0.390. The number of rotatable bonds is 9. The van der Waals surface area contributed by atoms with E-state index in [0.717, 1.165) is 22.0 Å². The highest BCUT2D eigenvalue weighted by molar-refractivity contribution is 6.05. The molecule has 36 heavy (non-hydrogen) atoms. The van der Waals surface area contributed by atoms with Crippen molar-refractivity contribution in [2.75, 3.05) is 20.7 Å².